The minimum absolute atomic E-state index is 0.202. The fourth-order valence-corrected chi connectivity index (χ4v) is 3.04. The van der Waals surface area contributed by atoms with Crippen LogP contribution in [0, 0.1) is 5.92 Å². The minimum atomic E-state index is -0.202. The highest BCUT2D eigenvalue weighted by atomic mass is 16.6. The molecule has 0 radical (unpaired) electrons. The number of rotatable bonds is 3. The first kappa shape index (κ1) is 12.3. The van der Waals surface area contributed by atoms with E-state index in [1.807, 2.05) is 0 Å². The molecular formula is C13H25NO2. The first-order valence-electron chi connectivity index (χ1n) is 6.72. The molecule has 3 heteroatoms. The third kappa shape index (κ3) is 2.76. The molecule has 0 aromatic carbocycles. The summed E-state index contributed by atoms with van der Waals surface area (Å²) < 4.78 is 11.7. The Morgan fingerprint density at radius 1 is 1.12 bits per heavy atom. The van der Waals surface area contributed by atoms with E-state index in [2.05, 4.69) is 19.2 Å². The average molecular weight is 227 g/mol. The van der Waals surface area contributed by atoms with E-state index < -0.39 is 0 Å². The van der Waals surface area contributed by atoms with Gasteiger partial charge in [0, 0.05) is 12.0 Å². The van der Waals surface area contributed by atoms with Gasteiger partial charge in [-0.1, -0.05) is 19.3 Å². The van der Waals surface area contributed by atoms with Crippen molar-refractivity contribution in [3.8, 4) is 0 Å². The van der Waals surface area contributed by atoms with Crippen molar-refractivity contribution < 1.29 is 9.47 Å². The molecule has 0 spiro atoms. The van der Waals surface area contributed by atoms with Gasteiger partial charge in [0.2, 0.25) is 0 Å². The monoisotopic (exact) mass is 227 g/mol. The van der Waals surface area contributed by atoms with E-state index in [0.29, 0.717) is 12.0 Å². The molecule has 0 aromatic heterocycles. The molecule has 16 heavy (non-hydrogen) atoms. The van der Waals surface area contributed by atoms with E-state index in [1.54, 1.807) is 0 Å². The molecule has 1 N–H and O–H groups in total. The Hall–Kier alpha value is -0.120. The van der Waals surface area contributed by atoms with Crippen molar-refractivity contribution in [3.05, 3.63) is 0 Å². The molecule has 1 heterocycles. The SMILES string of the molecule is CC(C)NC1(C2CCCCC2)COCCO1. The van der Waals surface area contributed by atoms with Gasteiger partial charge in [-0.2, -0.15) is 0 Å². The zero-order chi connectivity index (χ0) is 11.4. The van der Waals surface area contributed by atoms with Crippen LogP contribution in [0.15, 0.2) is 0 Å². The molecule has 1 unspecified atom stereocenters. The van der Waals surface area contributed by atoms with Gasteiger partial charge in [-0.3, -0.25) is 5.32 Å². The molecule has 1 aliphatic heterocycles. The van der Waals surface area contributed by atoms with Gasteiger partial charge in [-0.05, 0) is 26.7 Å². The predicted octanol–water partition coefficient (Wildman–Crippen LogP) is 2.31. The van der Waals surface area contributed by atoms with E-state index in [0.717, 1.165) is 19.8 Å². The fourth-order valence-electron chi connectivity index (χ4n) is 3.04. The molecule has 2 rings (SSSR count). The van der Waals surface area contributed by atoms with Crippen LogP contribution in [0.4, 0.5) is 0 Å². The topological polar surface area (TPSA) is 30.5 Å². The second-order valence-electron chi connectivity index (χ2n) is 5.42. The van der Waals surface area contributed by atoms with Gasteiger partial charge in [0.25, 0.3) is 0 Å². The Labute approximate surface area is 98.9 Å². The predicted molar refractivity (Wildman–Crippen MR) is 64.3 cm³/mol. The Morgan fingerprint density at radius 2 is 1.88 bits per heavy atom. The van der Waals surface area contributed by atoms with Crippen LogP contribution >= 0.6 is 0 Å². The molecule has 1 atom stereocenters. The fraction of sp³-hybridized carbons (Fsp3) is 1.00. The molecule has 2 aliphatic rings. The van der Waals surface area contributed by atoms with Crippen molar-refractivity contribution in [1.82, 2.24) is 5.32 Å². The zero-order valence-corrected chi connectivity index (χ0v) is 10.6. The first-order valence-corrected chi connectivity index (χ1v) is 6.72. The summed E-state index contributed by atoms with van der Waals surface area (Å²) in [6.07, 6.45) is 6.63. The summed E-state index contributed by atoms with van der Waals surface area (Å²) in [5.74, 6) is 0.629. The van der Waals surface area contributed by atoms with Crippen molar-refractivity contribution in [1.29, 1.82) is 0 Å². The van der Waals surface area contributed by atoms with Gasteiger partial charge >= 0.3 is 0 Å². The van der Waals surface area contributed by atoms with E-state index in [1.165, 1.54) is 32.1 Å². The number of hydrogen-bond donors (Lipinski definition) is 1. The van der Waals surface area contributed by atoms with Crippen LogP contribution in [-0.2, 0) is 9.47 Å². The van der Waals surface area contributed by atoms with Gasteiger partial charge in [0.15, 0.2) is 0 Å². The average Bonchev–Trinajstić information content (AvgIpc) is 2.30. The summed E-state index contributed by atoms with van der Waals surface area (Å²) in [6, 6.07) is 0.448. The lowest BCUT2D eigenvalue weighted by Crippen LogP contribution is -2.61. The van der Waals surface area contributed by atoms with E-state index in [-0.39, 0.29) is 5.72 Å². The summed E-state index contributed by atoms with van der Waals surface area (Å²) in [6.45, 7) is 6.56. The van der Waals surface area contributed by atoms with Crippen molar-refractivity contribution in [2.45, 2.75) is 57.7 Å². The lowest BCUT2D eigenvalue weighted by Gasteiger charge is -2.46. The van der Waals surface area contributed by atoms with E-state index in [4.69, 9.17) is 9.47 Å². The van der Waals surface area contributed by atoms with Crippen LogP contribution < -0.4 is 5.32 Å². The third-order valence-electron chi connectivity index (χ3n) is 3.70. The minimum Gasteiger partial charge on any atom is -0.375 e. The lowest BCUT2D eigenvalue weighted by molar-refractivity contribution is -0.208. The molecule has 1 aliphatic carbocycles. The zero-order valence-electron chi connectivity index (χ0n) is 10.6. The van der Waals surface area contributed by atoms with Crippen molar-refractivity contribution in [3.63, 3.8) is 0 Å². The molecule has 2 fully saturated rings. The molecule has 1 saturated heterocycles. The van der Waals surface area contributed by atoms with E-state index in [9.17, 15) is 0 Å². The number of hydrogen-bond acceptors (Lipinski definition) is 3. The number of ether oxygens (including phenoxy) is 2. The van der Waals surface area contributed by atoms with Crippen LogP contribution in [0.5, 0.6) is 0 Å². The van der Waals surface area contributed by atoms with Gasteiger partial charge in [-0.25, -0.2) is 0 Å². The van der Waals surface area contributed by atoms with Crippen LogP contribution in [0.1, 0.15) is 46.0 Å². The van der Waals surface area contributed by atoms with E-state index >= 15 is 0 Å². The summed E-state index contributed by atoms with van der Waals surface area (Å²) in [5, 5.41) is 3.62. The second kappa shape index (κ2) is 5.48. The maximum absolute atomic E-state index is 6.08. The van der Waals surface area contributed by atoms with Crippen molar-refractivity contribution in [2.24, 2.45) is 5.92 Å². The molecule has 94 valence electrons. The lowest BCUT2D eigenvalue weighted by atomic mass is 9.81. The number of nitrogens with one attached hydrogen (secondary N) is 1. The Bertz CT molecular complexity index is 206. The smallest absolute Gasteiger partial charge is 0.145 e. The Morgan fingerprint density at radius 3 is 2.44 bits per heavy atom. The van der Waals surface area contributed by atoms with Gasteiger partial charge in [-0.15, -0.1) is 0 Å². The molecule has 3 nitrogen and oxygen atoms in total. The molecule has 0 amide bonds. The maximum atomic E-state index is 6.08. The molecule has 0 bridgehead atoms. The van der Waals surface area contributed by atoms with Crippen LogP contribution in [0.2, 0.25) is 0 Å². The second-order valence-corrected chi connectivity index (χ2v) is 5.42. The molecular weight excluding hydrogens is 202 g/mol. The summed E-state index contributed by atoms with van der Waals surface area (Å²) in [5.41, 5.74) is -0.202. The largest absolute Gasteiger partial charge is 0.375 e. The molecule has 0 aromatic rings. The summed E-state index contributed by atoms with van der Waals surface area (Å²) >= 11 is 0. The standard InChI is InChI=1S/C13H25NO2/c1-11(2)14-13(10-15-8-9-16-13)12-6-4-3-5-7-12/h11-12,14H,3-10H2,1-2H3. The van der Waals surface area contributed by atoms with Crippen molar-refractivity contribution >= 4 is 0 Å². The summed E-state index contributed by atoms with van der Waals surface area (Å²) in [7, 11) is 0. The maximum Gasteiger partial charge on any atom is 0.145 e. The van der Waals surface area contributed by atoms with Crippen molar-refractivity contribution in [2.75, 3.05) is 19.8 Å². The molecule has 1 saturated carbocycles. The van der Waals surface area contributed by atoms with Crippen LogP contribution in [0.25, 0.3) is 0 Å². The van der Waals surface area contributed by atoms with Gasteiger partial charge < -0.3 is 9.47 Å². The highest BCUT2D eigenvalue weighted by Gasteiger charge is 2.42. The third-order valence-corrected chi connectivity index (χ3v) is 3.70. The van der Waals surface area contributed by atoms with Crippen LogP contribution in [-0.4, -0.2) is 31.6 Å². The Kier molecular flexibility index (Phi) is 4.22. The van der Waals surface area contributed by atoms with Gasteiger partial charge in [0.1, 0.15) is 5.72 Å². The normalized spacial score (nSPS) is 33.2. The first-order chi connectivity index (χ1) is 7.73. The quantitative estimate of drug-likeness (QED) is 0.802. The highest BCUT2D eigenvalue weighted by Crippen LogP contribution is 2.35. The Balaban J connectivity index is 2.05. The summed E-state index contributed by atoms with van der Waals surface area (Å²) in [4.78, 5) is 0. The highest BCUT2D eigenvalue weighted by molar-refractivity contribution is 4.90. The van der Waals surface area contributed by atoms with Crippen LogP contribution in [0.3, 0.4) is 0 Å². The van der Waals surface area contributed by atoms with Gasteiger partial charge in [0.05, 0.1) is 19.8 Å².